The average molecular weight is 344 g/mol. The minimum absolute atomic E-state index is 0.0641. The predicted octanol–water partition coefficient (Wildman–Crippen LogP) is 2.97. The van der Waals surface area contributed by atoms with Gasteiger partial charge in [-0.25, -0.2) is 9.48 Å². The Morgan fingerprint density at radius 1 is 0.962 bits per heavy atom. The van der Waals surface area contributed by atoms with Crippen LogP contribution in [0.25, 0.3) is 16.5 Å². The molecule has 3 aromatic carbocycles. The molecule has 0 spiro atoms. The number of nitrogens with one attached hydrogen (secondary N) is 2. The minimum atomic E-state index is -0.514. The summed E-state index contributed by atoms with van der Waals surface area (Å²) in [6, 6.07) is 22.0. The van der Waals surface area contributed by atoms with Crippen LogP contribution in [-0.4, -0.2) is 20.4 Å². The average Bonchev–Trinajstić information content (AvgIpc) is 2.96. The van der Waals surface area contributed by atoms with Crippen molar-refractivity contribution in [3.63, 3.8) is 0 Å². The summed E-state index contributed by atoms with van der Waals surface area (Å²) in [5.41, 5.74) is 6.98. The number of amides is 1. The maximum absolute atomic E-state index is 12.9. The molecule has 0 saturated carbocycles. The molecule has 4 rings (SSSR count). The Morgan fingerprint density at radius 3 is 2.46 bits per heavy atom. The Labute approximate surface area is 148 Å². The van der Waals surface area contributed by atoms with E-state index >= 15 is 0 Å². The molecule has 4 aromatic rings. The van der Waals surface area contributed by atoms with Gasteiger partial charge < -0.3 is 11.1 Å². The van der Waals surface area contributed by atoms with Gasteiger partial charge in [0.1, 0.15) is 0 Å². The van der Waals surface area contributed by atoms with Crippen molar-refractivity contribution in [1.29, 1.82) is 5.41 Å². The highest BCUT2D eigenvalue weighted by Crippen LogP contribution is 2.23. The Bertz CT molecular complexity index is 1150. The van der Waals surface area contributed by atoms with Crippen molar-refractivity contribution in [3.8, 4) is 5.69 Å². The normalized spacial score (nSPS) is 10.8. The maximum atomic E-state index is 12.9. The lowest BCUT2D eigenvalue weighted by Gasteiger charge is -2.13. The van der Waals surface area contributed by atoms with E-state index in [-0.39, 0.29) is 11.6 Å². The van der Waals surface area contributed by atoms with E-state index in [4.69, 9.17) is 11.1 Å². The molecule has 0 aliphatic heterocycles. The number of nitrogens with zero attached hydrogens (tertiary/aromatic N) is 3. The maximum Gasteiger partial charge on any atom is 0.348 e. The first-order chi connectivity index (χ1) is 12.6. The number of aromatic nitrogens is 3. The molecular formula is C19H16N6O. The first-order valence-corrected chi connectivity index (χ1v) is 8.02. The zero-order chi connectivity index (χ0) is 18.1. The fourth-order valence-corrected chi connectivity index (χ4v) is 2.91. The van der Waals surface area contributed by atoms with Gasteiger partial charge >= 0.3 is 6.03 Å². The van der Waals surface area contributed by atoms with Crippen LogP contribution in [0.1, 0.15) is 0 Å². The third-order valence-corrected chi connectivity index (χ3v) is 4.06. The van der Waals surface area contributed by atoms with Crippen LogP contribution >= 0.6 is 0 Å². The van der Waals surface area contributed by atoms with Crippen LogP contribution in [0, 0.1) is 5.41 Å². The second kappa shape index (κ2) is 6.21. The monoisotopic (exact) mass is 344 g/mol. The molecule has 128 valence electrons. The zero-order valence-corrected chi connectivity index (χ0v) is 13.8. The van der Waals surface area contributed by atoms with E-state index in [1.165, 1.54) is 4.68 Å². The van der Waals surface area contributed by atoms with E-state index in [0.29, 0.717) is 11.4 Å². The molecule has 1 amide bonds. The van der Waals surface area contributed by atoms with Crippen molar-refractivity contribution < 1.29 is 4.79 Å². The lowest BCUT2D eigenvalue weighted by Crippen LogP contribution is -2.34. The van der Waals surface area contributed by atoms with Crippen molar-refractivity contribution in [2.75, 3.05) is 11.1 Å². The van der Waals surface area contributed by atoms with E-state index in [9.17, 15) is 4.79 Å². The number of benzene rings is 3. The molecule has 26 heavy (non-hydrogen) atoms. The first-order valence-electron chi connectivity index (χ1n) is 8.02. The molecule has 7 heteroatoms. The van der Waals surface area contributed by atoms with Crippen LogP contribution in [0.4, 0.5) is 16.4 Å². The van der Waals surface area contributed by atoms with Gasteiger partial charge in [0.15, 0.2) is 0 Å². The highest BCUT2D eigenvalue weighted by atomic mass is 16.2. The van der Waals surface area contributed by atoms with Crippen LogP contribution in [0.2, 0.25) is 0 Å². The van der Waals surface area contributed by atoms with Crippen molar-refractivity contribution in [3.05, 3.63) is 78.4 Å². The van der Waals surface area contributed by atoms with Crippen LogP contribution < -0.4 is 16.7 Å². The summed E-state index contributed by atoms with van der Waals surface area (Å²) < 4.78 is 2.51. The van der Waals surface area contributed by atoms with E-state index in [1.54, 1.807) is 12.1 Å². The zero-order valence-electron chi connectivity index (χ0n) is 13.8. The van der Waals surface area contributed by atoms with Crippen LogP contribution in [0.5, 0.6) is 0 Å². The summed E-state index contributed by atoms with van der Waals surface area (Å²) in [4.78, 5) is 16.8. The standard InChI is InChI=1S/C19H16N6O/c20-17-23-18(21)25(24(17)14-9-2-1-3-10-14)19(26)22-16-12-6-8-13-7-4-5-11-15(13)16/h1-12H,(H,22,26)(H3,20,21,23). The number of carbonyl (C=O) groups is 1. The molecule has 0 aliphatic rings. The molecule has 0 unspecified atom stereocenters. The first kappa shape index (κ1) is 15.6. The van der Waals surface area contributed by atoms with Crippen molar-refractivity contribution in [2.24, 2.45) is 0 Å². The number of rotatable bonds is 2. The van der Waals surface area contributed by atoms with E-state index in [0.717, 1.165) is 15.5 Å². The summed E-state index contributed by atoms with van der Waals surface area (Å²) >= 11 is 0. The molecule has 1 aromatic heterocycles. The Hall–Kier alpha value is -3.87. The van der Waals surface area contributed by atoms with Gasteiger partial charge in [-0.3, -0.25) is 5.41 Å². The Morgan fingerprint density at radius 2 is 1.65 bits per heavy atom. The molecule has 0 radical (unpaired) electrons. The van der Waals surface area contributed by atoms with Gasteiger partial charge in [-0.2, -0.15) is 9.67 Å². The molecule has 4 N–H and O–H groups in total. The van der Waals surface area contributed by atoms with Crippen molar-refractivity contribution in [1.82, 2.24) is 14.3 Å². The third-order valence-electron chi connectivity index (χ3n) is 4.06. The molecule has 0 aliphatic carbocycles. The Kier molecular flexibility index (Phi) is 3.74. The SMILES string of the molecule is N=c1nc(N)n(-c2ccccc2)n1C(=O)Nc1cccc2ccccc12. The minimum Gasteiger partial charge on any atom is -0.368 e. The third kappa shape index (κ3) is 2.61. The number of hydrogen-bond donors (Lipinski definition) is 3. The number of hydrogen-bond acceptors (Lipinski definition) is 4. The topological polar surface area (TPSA) is 102 Å². The molecule has 7 nitrogen and oxygen atoms in total. The van der Waals surface area contributed by atoms with Gasteiger partial charge in [0, 0.05) is 5.39 Å². The van der Waals surface area contributed by atoms with Crippen LogP contribution in [0.15, 0.2) is 72.8 Å². The fourth-order valence-electron chi connectivity index (χ4n) is 2.91. The van der Waals surface area contributed by atoms with Gasteiger partial charge in [0.05, 0.1) is 11.4 Å². The van der Waals surface area contributed by atoms with Gasteiger partial charge in [-0.1, -0.05) is 54.6 Å². The molecule has 0 saturated heterocycles. The second-order valence-corrected chi connectivity index (χ2v) is 5.71. The summed E-state index contributed by atoms with van der Waals surface area (Å²) in [5.74, 6) is 0.0641. The number of nitrogen functional groups attached to an aromatic ring is 1. The number of carbonyl (C=O) groups excluding carboxylic acids is 1. The van der Waals surface area contributed by atoms with E-state index in [2.05, 4.69) is 10.3 Å². The summed E-state index contributed by atoms with van der Waals surface area (Å²) in [7, 11) is 0. The summed E-state index contributed by atoms with van der Waals surface area (Å²) in [5, 5.41) is 12.8. The van der Waals surface area contributed by atoms with Gasteiger partial charge in [-0.15, -0.1) is 0 Å². The highest BCUT2D eigenvalue weighted by molar-refractivity contribution is 6.02. The number of nitrogens with two attached hydrogens (primary N) is 1. The highest BCUT2D eigenvalue weighted by Gasteiger charge is 2.17. The summed E-state index contributed by atoms with van der Waals surface area (Å²) in [6.45, 7) is 0. The number of fused-ring (bicyclic) bond motifs is 1. The van der Waals surface area contributed by atoms with Gasteiger partial charge in [0.2, 0.25) is 11.6 Å². The lowest BCUT2D eigenvalue weighted by molar-refractivity contribution is 0.248. The molecular weight excluding hydrogens is 328 g/mol. The second-order valence-electron chi connectivity index (χ2n) is 5.71. The number of anilines is 2. The quantitative estimate of drug-likeness (QED) is 0.521. The molecule has 0 fully saturated rings. The van der Waals surface area contributed by atoms with Gasteiger partial charge in [-0.05, 0) is 23.6 Å². The van der Waals surface area contributed by atoms with E-state index < -0.39 is 6.03 Å². The predicted molar refractivity (Wildman–Crippen MR) is 100 cm³/mol. The number of para-hydroxylation sites is 1. The van der Waals surface area contributed by atoms with Crippen molar-refractivity contribution >= 4 is 28.4 Å². The smallest absolute Gasteiger partial charge is 0.348 e. The summed E-state index contributed by atoms with van der Waals surface area (Å²) in [6.07, 6.45) is 0. The van der Waals surface area contributed by atoms with Gasteiger partial charge in [0.25, 0.3) is 0 Å². The molecule has 0 atom stereocenters. The van der Waals surface area contributed by atoms with Crippen LogP contribution in [-0.2, 0) is 0 Å². The molecule has 1 heterocycles. The molecule has 0 bridgehead atoms. The van der Waals surface area contributed by atoms with Crippen LogP contribution in [0.3, 0.4) is 0 Å². The largest absolute Gasteiger partial charge is 0.368 e. The van der Waals surface area contributed by atoms with Crippen molar-refractivity contribution in [2.45, 2.75) is 0 Å². The lowest BCUT2D eigenvalue weighted by atomic mass is 10.1. The van der Waals surface area contributed by atoms with E-state index in [1.807, 2.05) is 60.7 Å². The fraction of sp³-hybridized carbons (Fsp3) is 0. The Balaban J connectivity index is 1.79.